The van der Waals surface area contributed by atoms with Crippen molar-refractivity contribution in [2.75, 3.05) is 13.2 Å². The summed E-state index contributed by atoms with van der Waals surface area (Å²) >= 11 is 8.03. The average Bonchev–Trinajstić information content (AvgIpc) is 2.54. The minimum absolute atomic E-state index is 0.131. The fourth-order valence-electron chi connectivity index (χ4n) is 1.67. The highest BCUT2D eigenvalue weighted by Crippen LogP contribution is 2.16. The predicted molar refractivity (Wildman–Crippen MR) is 99.1 cm³/mol. The van der Waals surface area contributed by atoms with Gasteiger partial charge in [0.15, 0.2) is 5.11 Å². The third-order valence-electron chi connectivity index (χ3n) is 2.70. The molecule has 0 atom stereocenters. The maximum Gasteiger partial charge on any atom is 0.184 e. The molecule has 0 aliphatic rings. The summed E-state index contributed by atoms with van der Waals surface area (Å²) in [6.07, 6.45) is 1.62. The van der Waals surface area contributed by atoms with Gasteiger partial charge in [0.05, 0.1) is 6.21 Å². The van der Waals surface area contributed by atoms with E-state index in [1.165, 1.54) is 0 Å². The molecule has 0 aliphatic carbocycles. The van der Waals surface area contributed by atoms with Crippen molar-refractivity contribution in [3.8, 4) is 11.5 Å². The molecule has 5 nitrogen and oxygen atoms in total. The van der Waals surface area contributed by atoms with Gasteiger partial charge in [-0.25, -0.2) is 0 Å². The van der Waals surface area contributed by atoms with E-state index in [-0.39, 0.29) is 5.11 Å². The van der Waals surface area contributed by atoms with Crippen molar-refractivity contribution in [1.82, 2.24) is 5.43 Å². The summed E-state index contributed by atoms with van der Waals surface area (Å²) in [7, 11) is 0. The van der Waals surface area contributed by atoms with Gasteiger partial charge in [-0.15, -0.1) is 0 Å². The van der Waals surface area contributed by atoms with Crippen LogP contribution < -0.4 is 20.6 Å². The molecule has 23 heavy (non-hydrogen) atoms. The average molecular weight is 394 g/mol. The standard InChI is InChI=1S/C16H16BrN3O2S/c17-13-3-7-15(8-4-13)22-10-9-21-14-5-1-12(2-6-14)11-19-20-16(18)23/h1-8,11H,9-10H2,(H3,18,20,23)/b19-11-. The van der Waals surface area contributed by atoms with Crippen molar-refractivity contribution < 1.29 is 9.47 Å². The summed E-state index contributed by atoms with van der Waals surface area (Å²) in [5.41, 5.74) is 8.68. The molecule has 0 aromatic heterocycles. The van der Waals surface area contributed by atoms with Crippen LogP contribution in [0.3, 0.4) is 0 Å². The Morgan fingerprint density at radius 2 is 1.57 bits per heavy atom. The van der Waals surface area contributed by atoms with Gasteiger partial charge in [-0.2, -0.15) is 5.10 Å². The summed E-state index contributed by atoms with van der Waals surface area (Å²) in [6, 6.07) is 15.2. The van der Waals surface area contributed by atoms with Gasteiger partial charge in [-0.1, -0.05) is 15.9 Å². The number of nitrogens with two attached hydrogens (primary N) is 1. The van der Waals surface area contributed by atoms with Crippen molar-refractivity contribution in [3.63, 3.8) is 0 Å². The van der Waals surface area contributed by atoms with E-state index >= 15 is 0 Å². The molecular weight excluding hydrogens is 378 g/mol. The van der Waals surface area contributed by atoms with Crippen LogP contribution in [0.1, 0.15) is 5.56 Å². The summed E-state index contributed by atoms with van der Waals surface area (Å²) in [5, 5.41) is 4.01. The molecular formula is C16H16BrN3O2S. The molecule has 0 radical (unpaired) electrons. The predicted octanol–water partition coefficient (Wildman–Crippen LogP) is 3.07. The van der Waals surface area contributed by atoms with Gasteiger partial charge in [0.1, 0.15) is 24.7 Å². The van der Waals surface area contributed by atoms with Gasteiger partial charge >= 0.3 is 0 Å². The lowest BCUT2D eigenvalue weighted by molar-refractivity contribution is 0.217. The monoisotopic (exact) mass is 393 g/mol. The molecule has 120 valence electrons. The Labute approximate surface area is 148 Å². The number of ether oxygens (including phenoxy) is 2. The first-order chi connectivity index (χ1) is 11.1. The first kappa shape index (κ1) is 17.2. The van der Waals surface area contributed by atoms with Crippen molar-refractivity contribution in [3.05, 3.63) is 58.6 Å². The van der Waals surface area contributed by atoms with E-state index in [9.17, 15) is 0 Å². The second-order valence-electron chi connectivity index (χ2n) is 4.45. The number of benzene rings is 2. The lowest BCUT2D eigenvalue weighted by atomic mass is 10.2. The molecule has 2 aromatic rings. The molecule has 0 saturated carbocycles. The van der Waals surface area contributed by atoms with E-state index in [4.69, 9.17) is 15.2 Å². The Balaban J connectivity index is 1.72. The summed E-state index contributed by atoms with van der Waals surface area (Å²) in [5.74, 6) is 1.58. The minimum Gasteiger partial charge on any atom is -0.490 e. The SMILES string of the molecule is NC(=S)N/N=C\c1ccc(OCCOc2ccc(Br)cc2)cc1. The highest BCUT2D eigenvalue weighted by atomic mass is 79.9. The van der Waals surface area contributed by atoms with E-state index in [1.54, 1.807) is 6.21 Å². The molecule has 7 heteroatoms. The lowest BCUT2D eigenvalue weighted by Crippen LogP contribution is -2.23. The van der Waals surface area contributed by atoms with Crippen LogP contribution in [0.2, 0.25) is 0 Å². The minimum atomic E-state index is 0.131. The van der Waals surface area contributed by atoms with Crippen LogP contribution in [0.5, 0.6) is 11.5 Å². The van der Waals surface area contributed by atoms with E-state index in [1.807, 2.05) is 48.5 Å². The summed E-state index contributed by atoms with van der Waals surface area (Å²) < 4.78 is 12.2. The van der Waals surface area contributed by atoms with Crippen LogP contribution in [-0.2, 0) is 0 Å². The second-order valence-corrected chi connectivity index (χ2v) is 5.81. The number of hydrazone groups is 1. The molecule has 0 heterocycles. The first-order valence-electron chi connectivity index (χ1n) is 6.83. The highest BCUT2D eigenvalue weighted by Gasteiger charge is 1.96. The van der Waals surface area contributed by atoms with Gasteiger partial charge in [0, 0.05) is 4.47 Å². The topological polar surface area (TPSA) is 68.9 Å². The number of hydrogen-bond acceptors (Lipinski definition) is 4. The molecule has 0 saturated heterocycles. The Bertz CT molecular complexity index is 660. The maximum absolute atomic E-state index is 5.61. The lowest BCUT2D eigenvalue weighted by Gasteiger charge is -2.08. The quantitative estimate of drug-likeness (QED) is 0.327. The normalized spacial score (nSPS) is 10.5. The van der Waals surface area contributed by atoms with Crippen molar-refractivity contribution in [2.45, 2.75) is 0 Å². The molecule has 2 aromatic carbocycles. The number of halogens is 1. The molecule has 0 bridgehead atoms. The molecule has 2 rings (SSSR count). The number of hydrogen-bond donors (Lipinski definition) is 2. The van der Waals surface area contributed by atoms with Crippen LogP contribution in [0.15, 0.2) is 58.1 Å². The zero-order chi connectivity index (χ0) is 16.5. The highest BCUT2D eigenvalue weighted by molar-refractivity contribution is 9.10. The number of nitrogens with zero attached hydrogens (tertiary/aromatic N) is 1. The first-order valence-corrected chi connectivity index (χ1v) is 8.03. The Morgan fingerprint density at radius 3 is 2.09 bits per heavy atom. The van der Waals surface area contributed by atoms with E-state index < -0.39 is 0 Å². The largest absolute Gasteiger partial charge is 0.490 e. The molecule has 0 fully saturated rings. The fourth-order valence-corrected chi connectivity index (χ4v) is 1.99. The van der Waals surface area contributed by atoms with Crippen LogP contribution in [0, 0.1) is 0 Å². The van der Waals surface area contributed by atoms with Crippen LogP contribution >= 0.6 is 28.1 Å². The summed E-state index contributed by atoms with van der Waals surface area (Å²) in [4.78, 5) is 0. The molecule has 0 unspecified atom stereocenters. The molecule has 3 N–H and O–H groups in total. The van der Waals surface area contributed by atoms with Crippen molar-refractivity contribution in [1.29, 1.82) is 0 Å². The summed E-state index contributed by atoms with van der Waals surface area (Å²) in [6.45, 7) is 0.940. The molecule has 0 aliphatic heterocycles. The van der Waals surface area contributed by atoms with Crippen LogP contribution in [0.25, 0.3) is 0 Å². The van der Waals surface area contributed by atoms with Gasteiger partial charge in [-0.3, -0.25) is 5.43 Å². The van der Waals surface area contributed by atoms with E-state index in [2.05, 4.69) is 38.7 Å². The second kappa shape index (κ2) is 9.12. The van der Waals surface area contributed by atoms with Gasteiger partial charge < -0.3 is 15.2 Å². The smallest absolute Gasteiger partial charge is 0.184 e. The van der Waals surface area contributed by atoms with Crippen LogP contribution in [-0.4, -0.2) is 24.5 Å². The van der Waals surface area contributed by atoms with Crippen molar-refractivity contribution in [2.24, 2.45) is 10.8 Å². The van der Waals surface area contributed by atoms with Gasteiger partial charge in [0.2, 0.25) is 0 Å². The third-order valence-corrected chi connectivity index (χ3v) is 3.32. The van der Waals surface area contributed by atoms with Gasteiger partial charge in [-0.05, 0) is 66.3 Å². The van der Waals surface area contributed by atoms with Gasteiger partial charge in [0.25, 0.3) is 0 Å². The maximum atomic E-state index is 5.61. The van der Waals surface area contributed by atoms with Crippen LogP contribution in [0.4, 0.5) is 0 Å². The number of rotatable bonds is 7. The molecule has 0 spiro atoms. The third kappa shape index (κ3) is 6.66. The molecule has 0 amide bonds. The zero-order valence-electron chi connectivity index (χ0n) is 12.2. The Morgan fingerprint density at radius 1 is 1.04 bits per heavy atom. The van der Waals surface area contributed by atoms with E-state index in [0.717, 1.165) is 21.5 Å². The number of nitrogens with one attached hydrogen (secondary N) is 1. The van der Waals surface area contributed by atoms with Crippen molar-refractivity contribution >= 4 is 39.5 Å². The Kier molecular flexibility index (Phi) is 6.83. The fraction of sp³-hybridized carbons (Fsp3) is 0.125. The Hall–Kier alpha value is -2.12. The number of thiocarbonyl (C=S) groups is 1. The zero-order valence-corrected chi connectivity index (χ0v) is 14.6. The van der Waals surface area contributed by atoms with E-state index in [0.29, 0.717) is 13.2 Å².